The van der Waals surface area contributed by atoms with Gasteiger partial charge < -0.3 is 0 Å². The molecule has 3 rings (SSSR count). The van der Waals surface area contributed by atoms with Crippen molar-refractivity contribution < 1.29 is 14.3 Å². The molecule has 0 N–H and O–H groups in total. The second-order valence-electron chi connectivity index (χ2n) is 6.94. The van der Waals surface area contributed by atoms with E-state index in [2.05, 4.69) is 28.1 Å². The van der Waals surface area contributed by atoms with Crippen molar-refractivity contribution in [3.8, 4) is 0 Å². The molecule has 2 fully saturated rings. The molecular weight excluding hydrogens is 425 g/mol. The van der Waals surface area contributed by atoms with E-state index in [0.717, 1.165) is 6.42 Å². The summed E-state index contributed by atoms with van der Waals surface area (Å²) in [7, 11) is 0. The molecule has 1 aromatic carbocycles. The Morgan fingerprint density at radius 2 is 1.96 bits per heavy atom. The van der Waals surface area contributed by atoms with Crippen molar-refractivity contribution in [1.82, 2.24) is 4.90 Å². The van der Waals surface area contributed by atoms with Gasteiger partial charge in [0.05, 0.1) is 0 Å². The molecule has 1 saturated heterocycles. The number of alkyl halides is 1. The Hall–Kier alpha value is -0.841. The van der Waals surface area contributed by atoms with Crippen LogP contribution in [0.1, 0.15) is 27.2 Å². The monoisotopic (exact) mass is 445 g/mol. The molecule has 4 atom stereocenters. The van der Waals surface area contributed by atoms with Crippen molar-refractivity contribution in [1.29, 1.82) is 0 Å². The third-order valence-corrected chi connectivity index (χ3v) is 9.05. The molecular formula is C17H20BrNO3Se. The quantitative estimate of drug-likeness (QED) is 0.520. The molecule has 1 saturated carbocycles. The van der Waals surface area contributed by atoms with Crippen LogP contribution in [0, 0.1) is 5.92 Å². The summed E-state index contributed by atoms with van der Waals surface area (Å²) in [5.41, 5.74) is -0.590. The fourth-order valence-corrected chi connectivity index (χ4v) is 7.30. The number of amides is 2. The molecule has 124 valence electrons. The van der Waals surface area contributed by atoms with E-state index in [1.165, 1.54) is 9.36 Å². The number of likely N-dealkylation sites (tertiary alicyclic amines) is 1. The summed E-state index contributed by atoms with van der Waals surface area (Å²) in [6, 6.07) is 10.3. The Morgan fingerprint density at radius 3 is 2.52 bits per heavy atom. The predicted octanol–water partition coefficient (Wildman–Crippen LogP) is 2.73. The van der Waals surface area contributed by atoms with Gasteiger partial charge >= 0.3 is 151 Å². The van der Waals surface area contributed by atoms with E-state index in [1.54, 1.807) is 0 Å². The first-order chi connectivity index (χ1) is 10.8. The molecule has 23 heavy (non-hydrogen) atoms. The van der Waals surface area contributed by atoms with E-state index in [-0.39, 0.29) is 37.7 Å². The Balaban J connectivity index is 1.79. The summed E-state index contributed by atoms with van der Waals surface area (Å²) < 4.78 is 6.73. The Kier molecular flexibility index (Phi) is 4.60. The topological polar surface area (TPSA) is 46.6 Å². The zero-order valence-electron chi connectivity index (χ0n) is 13.4. The molecule has 6 heteroatoms. The van der Waals surface area contributed by atoms with Gasteiger partial charge in [0.15, 0.2) is 0 Å². The van der Waals surface area contributed by atoms with Crippen LogP contribution in [-0.4, -0.2) is 48.3 Å². The molecule has 2 bridgehead atoms. The van der Waals surface area contributed by atoms with E-state index in [4.69, 9.17) is 4.74 Å². The van der Waals surface area contributed by atoms with Gasteiger partial charge in [0.2, 0.25) is 0 Å². The molecule has 0 spiro atoms. The Labute approximate surface area is 151 Å². The van der Waals surface area contributed by atoms with Gasteiger partial charge in [-0.3, -0.25) is 0 Å². The molecule has 0 aromatic heterocycles. The van der Waals surface area contributed by atoms with Crippen LogP contribution in [-0.2, 0) is 9.53 Å². The molecule has 1 aliphatic carbocycles. The fourth-order valence-electron chi connectivity index (χ4n) is 3.13. The number of rotatable bonds is 2. The standard InChI is InChI=1S/C17H20BrNO3Se/c1-17(2,3)22-16(21)19-12-9-11(15(19)20)13(18)14(12)23-10-7-5-4-6-8-10/h4-8,11-14H,9H2,1-3H3/t11-,12+,13?,14?/m0/s1. The molecule has 2 aliphatic rings. The van der Waals surface area contributed by atoms with Gasteiger partial charge in [-0.05, 0) is 0 Å². The number of fused-ring (bicyclic) bond motifs is 2. The summed E-state index contributed by atoms with van der Waals surface area (Å²) in [6.07, 6.45) is 0.246. The van der Waals surface area contributed by atoms with Crippen LogP contribution in [0.5, 0.6) is 0 Å². The van der Waals surface area contributed by atoms with Gasteiger partial charge in [-0.15, -0.1) is 0 Å². The number of imide groups is 1. The van der Waals surface area contributed by atoms with Gasteiger partial charge in [-0.1, -0.05) is 0 Å². The molecule has 2 unspecified atom stereocenters. The van der Waals surface area contributed by atoms with Gasteiger partial charge in [0.1, 0.15) is 0 Å². The van der Waals surface area contributed by atoms with Crippen molar-refractivity contribution >= 4 is 47.3 Å². The van der Waals surface area contributed by atoms with E-state index in [0.29, 0.717) is 4.82 Å². The fraction of sp³-hybridized carbons (Fsp3) is 0.529. The van der Waals surface area contributed by atoms with E-state index in [9.17, 15) is 9.59 Å². The number of hydrogen-bond acceptors (Lipinski definition) is 3. The number of carbonyl (C=O) groups excluding carboxylic acids is 2. The SMILES string of the molecule is CC(C)(C)OC(=O)N1C(=O)[C@H]2C[C@@H]1C([Se]c1ccccc1)C2Br. The van der Waals surface area contributed by atoms with Crippen molar-refractivity contribution in [2.45, 2.75) is 48.5 Å². The number of hydrogen-bond donors (Lipinski definition) is 0. The molecule has 4 nitrogen and oxygen atoms in total. The summed E-state index contributed by atoms with van der Waals surface area (Å²) in [6.45, 7) is 5.47. The maximum atomic E-state index is 12.5. The average molecular weight is 445 g/mol. The van der Waals surface area contributed by atoms with Crippen LogP contribution >= 0.6 is 15.9 Å². The Bertz CT molecular complexity index is 616. The van der Waals surface area contributed by atoms with Crippen LogP contribution in [0.2, 0.25) is 4.82 Å². The Morgan fingerprint density at radius 1 is 1.30 bits per heavy atom. The van der Waals surface area contributed by atoms with E-state index in [1.807, 2.05) is 39.0 Å². The molecule has 2 amide bonds. The first kappa shape index (κ1) is 17.0. The van der Waals surface area contributed by atoms with Crippen LogP contribution in [0.3, 0.4) is 0 Å². The second kappa shape index (κ2) is 6.23. The number of ether oxygens (including phenoxy) is 1. The van der Waals surface area contributed by atoms with Gasteiger partial charge in [0.25, 0.3) is 0 Å². The summed E-state index contributed by atoms with van der Waals surface area (Å²) >= 11 is 3.92. The third kappa shape index (κ3) is 3.35. The van der Waals surface area contributed by atoms with Crippen molar-refractivity contribution in [3.63, 3.8) is 0 Å². The zero-order chi connectivity index (χ0) is 16.8. The van der Waals surface area contributed by atoms with Crippen LogP contribution in [0.15, 0.2) is 30.3 Å². The van der Waals surface area contributed by atoms with Crippen molar-refractivity contribution in [2.75, 3.05) is 0 Å². The predicted molar refractivity (Wildman–Crippen MR) is 93.3 cm³/mol. The minimum atomic E-state index is -0.590. The van der Waals surface area contributed by atoms with Gasteiger partial charge in [-0.25, -0.2) is 0 Å². The molecule has 1 aromatic rings. The molecule has 1 aliphatic heterocycles. The summed E-state index contributed by atoms with van der Waals surface area (Å²) in [5, 5.41) is 0. The number of piperidine rings is 1. The summed E-state index contributed by atoms with van der Waals surface area (Å²) in [5.74, 6) is -0.200. The van der Waals surface area contributed by atoms with Crippen LogP contribution in [0.25, 0.3) is 0 Å². The van der Waals surface area contributed by atoms with Crippen LogP contribution in [0.4, 0.5) is 4.79 Å². The van der Waals surface area contributed by atoms with Gasteiger partial charge in [-0.2, -0.15) is 0 Å². The molecule has 1 heterocycles. The number of benzene rings is 1. The first-order valence-electron chi connectivity index (χ1n) is 7.70. The zero-order valence-corrected chi connectivity index (χ0v) is 16.7. The maximum absolute atomic E-state index is 12.5. The van der Waals surface area contributed by atoms with Crippen LogP contribution < -0.4 is 4.46 Å². The van der Waals surface area contributed by atoms with E-state index >= 15 is 0 Å². The van der Waals surface area contributed by atoms with E-state index < -0.39 is 11.7 Å². The second-order valence-corrected chi connectivity index (χ2v) is 10.6. The summed E-state index contributed by atoms with van der Waals surface area (Å²) in [4.78, 5) is 26.8. The van der Waals surface area contributed by atoms with Crippen molar-refractivity contribution in [3.05, 3.63) is 30.3 Å². The number of nitrogens with zero attached hydrogens (tertiary/aromatic N) is 1. The minimum absolute atomic E-state index is 0.0491. The average Bonchev–Trinajstić information content (AvgIpc) is 2.94. The number of halogens is 1. The first-order valence-corrected chi connectivity index (χ1v) is 10.5. The molecule has 0 radical (unpaired) electrons. The third-order valence-electron chi connectivity index (χ3n) is 4.06. The normalized spacial score (nSPS) is 29.9. The van der Waals surface area contributed by atoms with Gasteiger partial charge in [0, 0.05) is 0 Å². The van der Waals surface area contributed by atoms with Crippen molar-refractivity contribution in [2.24, 2.45) is 5.92 Å². The number of carbonyl (C=O) groups is 2.